The van der Waals surface area contributed by atoms with Crippen molar-refractivity contribution in [3.8, 4) is 0 Å². The highest BCUT2D eigenvalue weighted by Gasteiger charge is 2.28. The third-order valence-corrected chi connectivity index (χ3v) is 4.62. The molecule has 0 heterocycles. The summed E-state index contributed by atoms with van der Waals surface area (Å²) < 4.78 is 0. The van der Waals surface area contributed by atoms with Gasteiger partial charge in [0.05, 0.1) is 0 Å². The van der Waals surface area contributed by atoms with Crippen LogP contribution in [0.3, 0.4) is 0 Å². The van der Waals surface area contributed by atoms with Crippen molar-refractivity contribution in [1.29, 1.82) is 0 Å². The Morgan fingerprint density at radius 2 is 1.67 bits per heavy atom. The van der Waals surface area contributed by atoms with E-state index in [2.05, 4.69) is 51.8 Å². The molecule has 0 aromatic carbocycles. The third kappa shape index (κ3) is 8.21. The van der Waals surface area contributed by atoms with Gasteiger partial charge in [-0.1, -0.05) is 54.4 Å². The molecule has 0 radical (unpaired) electrons. The maximum atomic E-state index is 3.66. The largest absolute Gasteiger partial charge is 0.316 e. The van der Waals surface area contributed by atoms with Crippen LogP contribution >= 0.6 is 0 Å². The van der Waals surface area contributed by atoms with Gasteiger partial charge in [-0.25, -0.2) is 0 Å². The predicted octanol–water partition coefficient (Wildman–Crippen LogP) is 4.55. The number of hydrogen-bond acceptors (Lipinski definition) is 2. The molecule has 0 saturated heterocycles. The second-order valence-corrected chi connectivity index (χ2v) is 8.78. The van der Waals surface area contributed by atoms with Gasteiger partial charge in [0.2, 0.25) is 0 Å². The lowest BCUT2D eigenvalue weighted by molar-refractivity contribution is 0.122. The highest BCUT2D eigenvalue weighted by molar-refractivity contribution is 4.83. The van der Waals surface area contributed by atoms with Gasteiger partial charge in [-0.3, -0.25) is 4.90 Å². The standard InChI is InChI=1S/C19H40N2/c1-16(2)11-12-21(18-9-7-8-10-18)15-19(5,6)14-20-13-17(3)4/h16-18,20H,7-15H2,1-6H3. The van der Waals surface area contributed by atoms with Crippen molar-refractivity contribution in [3.63, 3.8) is 0 Å². The first-order valence-electron chi connectivity index (χ1n) is 9.25. The molecular weight excluding hydrogens is 256 g/mol. The molecule has 0 aromatic heterocycles. The highest BCUT2D eigenvalue weighted by atomic mass is 15.2. The maximum Gasteiger partial charge on any atom is 0.00954 e. The number of nitrogens with zero attached hydrogens (tertiary/aromatic N) is 1. The van der Waals surface area contributed by atoms with Crippen LogP contribution in [0.2, 0.25) is 0 Å². The van der Waals surface area contributed by atoms with E-state index in [1.54, 1.807) is 0 Å². The quantitative estimate of drug-likeness (QED) is 0.636. The van der Waals surface area contributed by atoms with Crippen LogP contribution in [0.15, 0.2) is 0 Å². The first-order valence-corrected chi connectivity index (χ1v) is 9.25. The summed E-state index contributed by atoms with van der Waals surface area (Å²) in [6, 6.07) is 0.855. The Morgan fingerprint density at radius 3 is 2.19 bits per heavy atom. The van der Waals surface area contributed by atoms with E-state index in [4.69, 9.17) is 0 Å². The van der Waals surface area contributed by atoms with Crippen molar-refractivity contribution >= 4 is 0 Å². The van der Waals surface area contributed by atoms with Crippen LogP contribution in [0.1, 0.15) is 73.6 Å². The van der Waals surface area contributed by atoms with E-state index in [0.29, 0.717) is 5.41 Å². The Morgan fingerprint density at radius 1 is 1.05 bits per heavy atom. The minimum Gasteiger partial charge on any atom is -0.316 e. The summed E-state index contributed by atoms with van der Waals surface area (Å²) in [5.74, 6) is 1.56. The Hall–Kier alpha value is -0.0800. The Labute approximate surface area is 134 Å². The van der Waals surface area contributed by atoms with Crippen molar-refractivity contribution in [2.75, 3.05) is 26.2 Å². The van der Waals surface area contributed by atoms with Crippen LogP contribution in [0.4, 0.5) is 0 Å². The summed E-state index contributed by atoms with van der Waals surface area (Å²) in [6.45, 7) is 18.9. The zero-order chi connectivity index (χ0) is 15.9. The second kappa shape index (κ2) is 9.15. The van der Waals surface area contributed by atoms with Crippen LogP contribution in [0, 0.1) is 17.3 Å². The van der Waals surface area contributed by atoms with Crippen LogP contribution in [-0.2, 0) is 0 Å². The van der Waals surface area contributed by atoms with Gasteiger partial charge in [-0.2, -0.15) is 0 Å². The van der Waals surface area contributed by atoms with Gasteiger partial charge >= 0.3 is 0 Å². The van der Waals surface area contributed by atoms with Crippen LogP contribution in [0.25, 0.3) is 0 Å². The SMILES string of the molecule is CC(C)CCN(CC(C)(C)CNCC(C)C)C1CCCC1. The van der Waals surface area contributed by atoms with Crippen molar-refractivity contribution in [2.24, 2.45) is 17.3 Å². The van der Waals surface area contributed by atoms with Gasteiger partial charge in [0.25, 0.3) is 0 Å². The van der Waals surface area contributed by atoms with Gasteiger partial charge in [-0.05, 0) is 49.6 Å². The topological polar surface area (TPSA) is 15.3 Å². The lowest BCUT2D eigenvalue weighted by atomic mass is 9.91. The molecule has 1 N–H and O–H groups in total. The molecule has 2 nitrogen and oxygen atoms in total. The van der Waals surface area contributed by atoms with E-state index in [0.717, 1.165) is 31.0 Å². The Balaban J connectivity index is 2.48. The molecule has 1 aliphatic rings. The van der Waals surface area contributed by atoms with Gasteiger partial charge in [0, 0.05) is 19.1 Å². The molecule has 126 valence electrons. The van der Waals surface area contributed by atoms with Gasteiger partial charge in [-0.15, -0.1) is 0 Å². The minimum absolute atomic E-state index is 0.370. The molecule has 0 aliphatic heterocycles. The molecule has 0 spiro atoms. The summed E-state index contributed by atoms with van der Waals surface area (Å²) in [5, 5.41) is 3.66. The number of nitrogens with one attached hydrogen (secondary N) is 1. The highest BCUT2D eigenvalue weighted by Crippen LogP contribution is 2.27. The Bertz CT molecular complexity index is 265. The van der Waals surface area contributed by atoms with E-state index in [1.165, 1.54) is 45.2 Å². The van der Waals surface area contributed by atoms with Crippen LogP contribution < -0.4 is 5.32 Å². The van der Waals surface area contributed by atoms with Crippen molar-refractivity contribution in [2.45, 2.75) is 79.7 Å². The normalized spacial score (nSPS) is 17.6. The second-order valence-electron chi connectivity index (χ2n) is 8.78. The first kappa shape index (κ1) is 19.0. The molecule has 1 saturated carbocycles. The molecule has 1 aliphatic carbocycles. The summed E-state index contributed by atoms with van der Waals surface area (Å²) in [5.41, 5.74) is 0.370. The molecular formula is C19H40N2. The summed E-state index contributed by atoms with van der Waals surface area (Å²) in [4.78, 5) is 2.81. The van der Waals surface area contributed by atoms with E-state index in [-0.39, 0.29) is 0 Å². The number of rotatable bonds is 10. The average Bonchev–Trinajstić information content (AvgIpc) is 2.87. The summed E-state index contributed by atoms with van der Waals surface area (Å²) in [7, 11) is 0. The lowest BCUT2D eigenvalue weighted by Gasteiger charge is -2.37. The predicted molar refractivity (Wildman–Crippen MR) is 94.8 cm³/mol. The maximum absolute atomic E-state index is 3.66. The van der Waals surface area contributed by atoms with E-state index in [1.807, 2.05) is 0 Å². The molecule has 0 unspecified atom stereocenters. The van der Waals surface area contributed by atoms with Crippen molar-refractivity contribution < 1.29 is 0 Å². The van der Waals surface area contributed by atoms with Crippen LogP contribution in [0.5, 0.6) is 0 Å². The summed E-state index contributed by atoms with van der Waals surface area (Å²) >= 11 is 0. The fourth-order valence-corrected chi connectivity index (χ4v) is 3.39. The fraction of sp³-hybridized carbons (Fsp3) is 1.00. The number of hydrogen-bond donors (Lipinski definition) is 1. The fourth-order valence-electron chi connectivity index (χ4n) is 3.39. The van der Waals surface area contributed by atoms with Crippen molar-refractivity contribution in [1.82, 2.24) is 10.2 Å². The van der Waals surface area contributed by atoms with Gasteiger partial charge in [0.1, 0.15) is 0 Å². The molecule has 0 atom stereocenters. The van der Waals surface area contributed by atoms with E-state index in [9.17, 15) is 0 Å². The van der Waals surface area contributed by atoms with E-state index < -0.39 is 0 Å². The van der Waals surface area contributed by atoms with E-state index >= 15 is 0 Å². The third-order valence-electron chi connectivity index (χ3n) is 4.62. The lowest BCUT2D eigenvalue weighted by Crippen LogP contribution is -2.45. The smallest absolute Gasteiger partial charge is 0.00954 e. The first-order chi connectivity index (χ1) is 9.80. The average molecular weight is 297 g/mol. The molecule has 2 heteroatoms. The molecule has 0 aromatic rings. The zero-order valence-corrected chi connectivity index (χ0v) is 15.5. The van der Waals surface area contributed by atoms with Gasteiger partial charge < -0.3 is 5.32 Å². The molecule has 0 bridgehead atoms. The molecule has 21 heavy (non-hydrogen) atoms. The van der Waals surface area contributed by atoms with Crippen molar-refractivity contribution in [3.05, 3.63) is 0 Å². The molecule has 0 amide bonds. The van der Waals surface area contributed by atoms with Gasteiger partial charge in [0.15, 0.2) is 0 Å². The zero-order valence-electron chi connectivity index (χ0n) is 15.5. The Kier molecular flexibility index (Phi) is 8.26. The summed E-state index contributed by atoms with van der Waals surface area (Å²) in [6.07, 6.45) is 7.07. The molecule has 1 fully saturated rings. The minimum atomic E-state index is 0.370. The van der Waals surface area contributed by atoms with Crippen LogP contribution in [-0.4, -0.2) is 37.1 Å². The monoisotopic (exact) mass is 296 g/mol. The molecule has 1 rings (SSSR count).